The molecule has 0 spiro atoms. The maximum atomic E-state index is 12.7. The number of benzene rings is 1. The molecule has 0 saturated carbocycles. The van der Waals surface area contributed by atoms with Crippen LogP contribution >= 0.6 is 11.3 Å². The lowest BCUT2D eigenvalue weighted by Crippen LogP contribution is -2.27. The molecule has 1 N–H and O–H groups in total. The maximum absolute atomic E-state index is 12.7. The average Bonchev–Trinajstić information content (AvgIpc) is 2.95. The molecule has 1 aromatic heterocycles. The van der Waals surface area contributed by atoms with Crippen LogP contribution in [-0.2, 0) is 17.6 Å². The molecular weight excluding hydrogens is 332 g/mol. The van der Waals surface area contributed by atoms with E-state index in [4.69, 9.17) is 0 Å². The Morgan fingerprint density at radius 2 is 1.80 bits per heavy atom. The molecule has 2 amide bonds. The summed E-state index contributed by atoms with van der Waals surface area (Å²) in [5.41, 5.74) is 4.31. The second-order valence-corrected chi connectivity index (χ2v) is 8.20. The molecule has 0 aliphatic heterocycles. The molecule has 2 aromatic rings. The molecule has 5 heteroatoms. The minimum Gasteiger partial charge on any atom is -0.344 e. The van der Waals surface area contributed by atoms with Crippen LogP contribution in [0, 0.1) is 19.8 Å². The van der Waals surface area contributed by atoms with Crippen molar-refractivity contribution in [2.45, 2.75) is 33.1 Å². The van der Waals surface area contributed by atoms with E-state index in [0.29, 0.717) is 6.42 Å². The van der Waals surface area contributed by atoms with Gasteiger partial charge in [-0.25, -0.2) is 0 Å². The van der Waals surface area contributed by atoms with E-state index in [1.54, 1.807) is 30.3 Å². The van der Waals surface area contributed by atoms with Crippen LogP contribution in [0.25, 0.3) is 0 Å². The number of carbonyl (C=O) groups excluding carboxylic acids is 2. The van der Waals surface area contributed by atoms with Gasteiger partial charge >= 0.3 is 0 Å². The molecule has 1 heterocycles. The number of nitrogens with zero attached hydrogens (tertiary/aromatic N) is 1. The highest BCUT2D eigenvalue weighted by Crippen LogP contribution is 2.33. The highest BCUT2D eigenvalue weighted by Gasteiger charge is 2.27. The number of rotatable bonds is 3. The summed E-state index contributed by atoms with van der Waals surface area (Å²) in [7, 11) is 3.53. The summed E-state index contributed by atoms with van der Waals surface area (Å²) in [4.78, 5) is 28.4. The van der Waals surface area contributed by atoms with Gasteiger partial charge in [-0.2, -0.15) is 0 Å². The summed E-state index contributed by atoms with van der Waals surface area (Å²) in [6, 6.07) is 8.06. The third-order valence-electron chi connectivity index (χ3n) is 4.56. The summed E-state index contributed by atoms with van der Waals surface area (Å²) < 4.78 is 0. The van der Waals surface area contributed by atoms with Gasteiger partial charge in [0.15, 0.2) is 0 Å². The fraction of sp³-hybridized carbons (Fsp3) is 0.400. The van der Waals surface area contributed by atoms with Gasteiger partial charge in [0.1, 0.15) is 0 Å². The van der Waals surface area contributed by atoms with Crippen LogP contribution < -0.4 is 5.32 Å². The molecule has 0 fully saturated rings. The molecule has 4 nitrogen and oxygen atoms in total. The zero-order chi connectivity index (χ0) is 18.1. The van der Waals surface area contributed by atoms with E-state index in [9.17, 15) is 9.59 Å². The quantitative estimate of drug-likeness (QED) is 0.909. The predicted octanol–water partition coefficient (Wildman–Crippen LogP) is 3.81. The van der Waals surface area contributed by atoms with Crippen molar-refractivity contribution in [3.63, 3.8) is 0 Å². The number of thiophene rings is 1. The SMILES string of the molecule is Cc1cc(C)cc(NC(=O)C2CCc3sc(C(=O)N(C)C)cc3C2)c1. The molecule has 132 valence electrons. The Labute approximate surface area is 152 Å². The van der Waals surface area contributed by atoms with Crippen LogP contribution in [-0.4, -0.2) is 30.8 Å². The maximum Gasteiger partial charge on any atom is 0.263 e. The molecule has 1 atom stereocenters. The molecule has 1 unspecified atom stereocenters. The smallest absolute Gasteiger partial charge is 0.263 e. The third-order valence-corrected chi connectivity index (χ3v) is 5.78. The number of hydrogen-bond acceptors (Lipinski definition) is 3. The Bertz CT molecular complexity index is 803. The first-order chi connectivity index (χ1) is 11.8. The largest absolute Gasteiger partial charge is 0.344 e. The monoisotopic (exact) mass is 356 g/mol. The molecule has 1 aromatic carbocycles. The first-order valence-electron chi connectivity index (χ1n) is 8.56. The second kappa shape index (κ2) is 7.00. The Hall–Kier alpha value is -2.14. The zero-order valence-electron chi connectivity index (χ0n) is 15.2. The van der Waals surface area contributed by atoms with E-state index in [-0.39, 0.29) is 17.7 Å². The summed E-state index contributed by atoms with van der Waals surface area (Å²) >= 11 is 1.57. The number of fused-ring (bicyclic) bond motifs is 1. The molecule has 0 bridgehead atoms. The highest BCUT2D eigenvalue weighted by atomic mass is 32.1. The van der Waals surface area contributed by atoms with Crippen LogP contribution in [0.5, 0.6) is 0 Å². The zero-order valence-corrected chi connectivity index (χ0v) is 16.0. The van der Waals surface area contributed by atoms with E-state index < -0.39 is 0 Å². The fourth-order valence-corrected chi connectivity index (χ4v) is 4.59. The van der Waals surface area contributed by atoms with Crippen molar-refractivity contribution in [3.05, 3.63) is 50.7 Å². The van der Waals surface area contributed by atoms with Crippen molar-refractivity contribution in [1.29, 1.82) is 0 Å². The van der Waals surface area contributed by atoms with Crippen molar-refractivity contribution in [2.75, 3.05) is 19.4 Å². The van der Waals surface area contributed by atoms with Crippen molar-refractivity contribution in [2.24, 2.45) is 5.92 Å². The summed E-state index contributed by atoms with van der Waals surface area (Å²) in [6.07, 6.45) is 2.41. The van der Waals surface area contributed by atoms with Crippen LogP contribution in [0.2, 0.25) is 0 Å². The number of anilines is 1. The normalized spacial score (nSPS) is 16.2. The molecule has 1 aliphatic rings. The lowest BCUT2D eigenvalue weighted by Gasteiger charge is -2.21. The molecular formula is C20H24N2O2S. The van der Waals surface area contributed by atoms with Gasteiger partial charge in [0.2, 0.25) is 5.91 Å². The Morgan fingerprint density at radius 3 is 2.44 bits per heavy atom. The lowest BCUT2D eigenvalue weighted by molar-refractivity contribution is -0.120. The molecule has 1 aliphatic carbocycles. The average molecular weight is 356 g/mol. The standard InChI is InChI=1S/C20H24N2O2S/c1-12-7-13(2)9-16(8-12)21-19(23)14-5-6-17-15(10-14)11-18(25-17)20(24)22(3)4/h7-9,11,14H,5-6,10H2,1-4H3,(H,21,23). The Kier molecular flexibility index (Phi) is 4.95. The van der Waals surface area contributed by atoms with Gasteiger partial charge in [0, 0.05) is 30.6 Å². The van der Waals surface area contributed by atoms with E-state index in [1.807, 2.05) is 32.0 Å². The summed E-state index contributed by atoms with van der Waals surface area (Å²) in [6.45, 7) is 4.06. The Morgan fingerprint density at radius 1 is 1.12 bits per heavy atom. The molecule has 0 radical (unpaired) electrons. The van der Waals surface area contributed by atoms with Gasteiger partial charge in [-0.1, -0.05) is 6.07 Å². The number of carbonyl (C=O) groups is 2. The van der Waals surface area contributed by atoms with Gasteiger partial charge < -0.3 is 10.2 Å². The van der Waals surface area contributed by atoms with E-state index in [1.165, 1.54) is 4.88 Å². The van der Waals surface area contributed by atoms with Crippen LogP contribution in [0.3, 0.4) is 0 Å². The van der Waals surface area contributed by atoms with Crippen LogP contribution in [0.15, 0.2) is 24.3 Å². The number of hydrogen-bond donors (Lipinski definition) is 1. The van der Waals surface area contributed by atoms with Gasteiger partial charge in [0.05, 0.1) is 4.88 Å². The Balaban J connectivity index is 1.71. The second-order valence-electron chi connectivity index (χ2n) is 7.06. The lowest BCUT2D eigenvalue weighted by atomic mass is 9.87. The van der Waals surface area contributed by atoms with E-state index in [0.717, 1.165) is 40.1 Å². The first kappa shape index (κ1) is 17.7. The van der Waals surface area contributed by atoms with Gasteiger partial charge in [0.25, 0.3) is 5.91 Å². The predicted molar refractivity (Wildman–Crippen MR) is 102 cm³/mol. The van der Waals surface area contributed by atoms with E-state index in [2.05, 4.69) is 11.4 Å². The van der Waals surface area contributed by atoms with Crippen LogP contribution in [0.1, 0.15) is 37.7 Å². The number of nitrogens with one attached hydrogen (secondary N) is 1. The van der Waals surface area contributed by atoms with Gasteiger partial charge in [-0.05, 0) is 68.0 Å². The summed E-state index contributed by atoms with van der Waals surface area (Å²) in [5, 5.41) is 3.06. The first-order valence-corrected chi connectivity index (χ1v) is 9.37. The van der Waals surface area contributed by atoms with Crippen molar-refractivity contribution < 1.29 is 9.59 Å². The topological polar surface area (TPSA) is 49.4 Å². The molecule has 25 heavy (non-hydrogen) atoms. The molecule has 3 rings (SSSR count). The number of aryl methyl sites for hydroxylation is 3. The highest BCUT2D eigenvalue weighted by molar-refractivity contribution is 7.14. The third kappa shape index (κ3) is 3.93. The van der Waals surface area contributed by atoms with E-state index >= 15 is 0 Å². The van der Waals surface area contributed by atoms with Gasteiger partial charge in [-0.15, -0.1) is 11.3 Å². The fourth-order valence-electron chi connectivity index (χ4n) is 3.36. The van der Waals surface area contributed by atoms with Crippen molar-refractivity contribution in [3.8, 4) is 0 Å². The van der Waals surface area contributed by atoms with Crippen molar-refractivity contribution in [1.82, 2.24) is 4.90 Å². The van der Waals surface area contributed by atoms with Crippen LogP contribution in [0.4, 0.5) is 5.69 Å². The number of amides is 2. The summed E-state index contributed by atoms with van der Waals surface area (Å²) in [5.74, 6) is 0.0724. The molecule has 0 saturated heterocycles. The van der Waals surface area contributed by atoms with Crippen molar-refractivity contribution >= 4 is 28.8 Å². The minimum atomic E-state index is -0.0368. The van der Waals surface area contributed by atoms with Gasteiger partial charge in [-0.3, -0.25) is 9.59 Å². The minimum absolute atomic E-state index is 0.0368.